The van der Waals surface area contributed by atoms with Crippen LogP contribution in [0.4, 0.5) is 0 Å². The number of carboxylic acid groups (broad SMARTS) is 1. The van der Waals surface area contributed by atoms with Gasteiger partial charge in [-0.25, -0.2) is 0 Å². The average Bonchev–Trinajstić information content (AvgIpc) is 3.04. The maximum absolute atomic E-state index is 11.8. The molecule has 3 aromatic rings. The van der Waals surface area contributed by atoms with Gasteiger partial charge < -0.3 is 14.3 Å². The largest absolute Gasteiger partial charge is 0.481 e. The van der Waals surface area contributed by atoms with Crippen molar-refractivity contribution in [1.29, 1.82) is 0 Å². The first-order chi connectivity index (χ1) is 22.2. The Balaban J connectivity index is 1.79. The molecule has 0 heterocycles. The standard InChI is InChI=1S/C40H54O5Si/c1-5-6-7-8-9-16-25-36(29-28-32-19-17-24-35(30-32)37(44-31(2)41)26-18-27-38(42)43)45-46-40(3,4)39(33-20-12-10-13-21-33)34-22-14-11-15-23-34/h10-15,17,19-24,28-30,36-37,39H,5-9,16,18,25-27,46H2,1-4H3,(H,42,43)/b29-28+. The highest BCUT2D eigenvalue weighted by Gasteiger charge is 2.33. The van der Waals surface area contributed by atoms with E-state index in [-0.39, 0.29) is 29.5 Å². The minimum atomic E-state index is -0.998. The summed E-state index contributed by atoms with van der Waals surface area (Å²) in [4.78, 5) is 22.9. The molecule has 3 rings (SSSR count). The van der Waals surface area contributed by atoms with Gasteiger partial charge in [0.25, 0.3) is 0 Å². The van der Waals surface area contributed by atoms with Crippen LogP contribution in [0.5, 0.6) is 0 Å². The summed E-state index contributed by atoms with van der Waals surface area (Å²) >= 11 is 0. The summed E-state index contributed by atoms with van der Waals surface area (Å²) < 4.78 is 12.5. The Hall–Kier alpha value is -3.48. The molecule has 2 unspecified atom stereocenters. The Labute approximate surface area is 279 Å². The molecule has 0 aliphatic heterocycles. The number of carbonyl (C=O) groups is 2. The molecule has 0 aromatic heterocycles. The van der Waals surface area contributed by atoms with Crippen LogP contribution in [-0.2, 0) is 18.8 Å². The van der Waals surface area contributed by atoms with E-state index in [9.17, 15) is 9.59 Å². The summed E-state index contributed by atoms with van der Waals surface area (Å²) in [5.74, 6) is -0.970. The van der Waals surface area contributed by atoms with Gasteiger partial charge in [0.05, 0.1) is 6.10 Å². The predicted octanol–water partition coefficient (Wildman–Crippen LogP) is 9.81. The third-order valence-electron chi connectivity index (χ3n) is 8.51. The summed E-state index contributed by atoms with van der Waals surface area (Å²) in [6.45, 7) is 8.36. The molecule has 6 heteroatoms. The molecule has 0 saturated heterocycles. The molecule has 2 atom stereocenters. The van der Waals surface area contributed by atoms with E-state index < -0.39 is 21.8 Å². The fourth-order valence-corrected chi connectivity index (χ4v) is 7.73. The number of carbonyl (C=O) groups excluding carboxylic acids is 1. The number of esters is 1. The van der Waals surface area contributed by atoms with E-state index in [2.05, 4.69) is 93.6 Å². The molecule has 0 fully saturated rings. The normalized spacial score (nSPS) is 13.4. The van der Waals surface area contributed by atoms with Crippen molar-refractivity contribution in [2.24, 2.45) is 0 Å². The zero-order valence-electron chi connectivity index (χ0n) is 28.3. The minimum Gasteiger partial charge on any atom is -0.481 e. The van der Waals surface area contributed by atoms with Gasteiger partial charge in [0.2, 0.25) is 0 Å². The van der Waals surface area contributed by atoms with Gasteiger partial charge in [-0.05, 0) is 52.6 Å². The molecule has 248 valence electrons. The SMILES string of the molecule is CCCCCCCCC(/C=C/c1cccc(C(CCCC(=O)O)OC(C)=O)c1)O[SiH2]C(C)(C)C(c1ccccc1)c1ccccc1. The first-order valence-corrected chi connectivity index (χ1v) is 18.4. The predicted molar refractivity (Wildman–Crippen MR) is 192 cm³/mol. The van der Waals surface area contributed by atoms with Gasteiger partial charge in [-0.1, -0.05) is 150 Å². The molecular weight excluding hydrogens is 589 g/mol. The quantitative estimate of drug-likeness (QED) is 0.0711. The van der Waals surface area contributed by atoms with Crippen LogP contribution in [0.1, 0.15) is 126 Å². The molecule has 0 spiro atoms. The zero-order chi connectivity index (χ0) is 33.2. The number of hydrogen-bond donors (Lipinski definition) is 1. The van der Waals surface area contributed by atoms with Crippen LogP contribution >= 0.6 is 0 Å². The lowest BCUT2D eigenvalue weighted by atomic mass is 9.82. The van der Waals surface area contributed by atoms with Crippen LogP contribution in [-0.4, -0.2) is 32.9 Å². The molecule has 5 nitrogen and oxygen atoms in total. The molecule has 0 aliphatic carbocycles. The van der Waals surface area contributed by atoms with Crippen molar-refractivity contribution in [3.8, 4) is 0 Å². The average molecular weight is 643 g/mol. The van der Waals surface area contributed by atoms with E-state index >= 15 is 0 Å². The molecule has 0 amide bonds. The van der Waals surface area contributed by atoms with E-state index in [0.29, 0.717) is 12.8 Å². The number of hydrogen-bond acceptors (Lipinski definition) is 4. The van der Waals surface area contributed by atoms with Gasteiger partial charge in [-0.3, -0.25) is 9.59 Å². The third kappa shape index (κ3) is 13.1. The van der Waals surface area contributed by atoms with Gasteiger partial charge in [0.1, 0.15) is 6.10 Å². The first kappa shape index (κ1) is 37.0. The monoisotopic (exact) mass is 642 g/mol. The Morgan fingerprint density at radius 2 is 1.41 bits per heavy atom. The maximum Gasteiger partial charge on any atom is 0.303 e. The molecule has 0 radical (unpaired) electrons. The van der Waals surface area contributed by atoms with Crippen LogP contribution in [0.25, 0.3) is 6.08 Å². The molecule has 0 saturated carbocycles. The summed E-state index contributed by atoms with van der Waals surface area (Å²) in [6, 6.07) is 29.6. The topological polar surface area (TPSA) is 72.8 Å². The highest BCUT2D eigenvalue weighted by Crippen LogP contribution is 2.46. The lowest BCUT2D eigenvalue weighted by molar-refractivity contribution is -0.147. The number of rotatable bonds is 21. The van der Waals surface area contributed by atoms with Gasteiger partial charge in [0.15, 0.2) is 9.76 Å². The summed E-state index contributed by atoms with van der Waals surface area (Å²) in [6.07, 6.45) is 13.3. The fraction of sp³-hybridized carbons (Fsp3) is 0.450. The molecule has 0 aliphatic rings. The summed E-state index contributed by atoms with van der Waals surface area (Å²) in [5, 5.41) is 9.05. The second kappa shape index (κ2) is 19.9. The van der Waals surface area contributed by atoms with E-state index in [1.807, 2.05) is 24.3 Å². The smallest absolute Gasteiger partial charge is 0.303 e. The van der Waals surface area contributed by atoms with Crippen LogP contribution in [0, 0.1) is 0 Å². The van der Waals surface area contributed by atoms with Crippen molar-refractivity contribution >= 4 is 27.8 Å². The molecule has 1 N–H and O–H groups in total. The fourth-order valence-electron chi connectivity index (χ4n) is 6.17. The highest BCUT2D eigenvalue weighted by molar-refractivity contribution is 6.32. The van der Waals surface area contributed by atoms with E-state index in [0.717, 1.165) is 24.0 Å². The van der Waals surface area contributed by atoms with E-state index in [4.69, 9.17) is 14.3 Å². The number of unbranched alkanes of at least 4 members (excludes halogenated alkanes) is 5. The summed E-state index contributed by atoms with van der Waals surface area (Å²) in [5.41, 5.74) is 4.53. The molecule has 46 heavy (non-hydrogen) atoms. The van der Waals surface area contributed by atoms with Gasteiger partial charge >= 0.3 is 11.9 Å². The first-order valence-electron chi connectivity index (χ1n) is 17.1. The van der Waals surface area contributed by atoms with E-state index in [1.54, 1.807) is 0 Å². The number of aliphatic carboxylic acids is 1. The maximum atomic E-state index is 11.8. The number of carboxylic acids is 1. The lowest BCUT2D eigenvalue weighted by Crippen LogP contribution is -2.28. The van der Waals surface area contributed by atoms with Crippen LogP contribution in [0.3, 0.4) is 0 Å². The van der Waals surface area contributed by atoms with Gasteiger partial charge in [0, 0.05) is 19.3 Å². The van der Waals surface area contributed by atoms with E-state index in [1.165, 1.54) is 50.2 Å². The molecule has 0 bridgehead atoms. The second-order valence-electron chi connectivity index (χ2n) is 13.1. The highest BCUT2D eigenvalue weighted by atomic mass is 28.2. The van der Waals surface area contributed by atoms with Gasteiger partial charge in [-0.2, -0.15) is 0 Å². The van der Waals surface area contributed by atoms with Gasteiger partial charge in [-0.15, -0.1) is 0 Å². The number of ether oxygens (including phenoxy) is 1. The Kier molecular flexibility index (Phi) is 16.0. The minimum absolute atomic E-state index is 0.0211. The zero-order valence-corrected chi connectivity index (χ0v) is 29.7. The Morgan fingerprint density at radius 1 is 0.804 bits per heavy atom. The molecule has 3 aromatic carbocycles. The Morgan fingerprint density at radius 3 is 2.02 bits per heavy atom. The lowest BCUT2D eigenvalue weighted by Gasteiger charge is -2.35. The Bertz CT molecular complexity index is 1300. The second-order valence-corrected chi connectivity index (χ2v) is 15.5. The van der Waals surface area contributed by atoms with Crippen molar-refractivity contribution in [3.05, 3.63) is 113 Å². The van der Waals surface area contributed by atoms with Crippen molar-refractivity contribution in [2.45, 2.75) is 115 Å². The van der Waals surface area contributed by atoms with Crippen LogP contribution in [0.15, 0.2) is 91.0 Å². The summed E-state index contributed by atoms with van der Waals surface area (Å²) in [7, 11) is -0.998. The van der Waals surface area contributed by atoms with Crippen LogP contribution in [0.2, 0.25) is 5.04 Å². The number of benzene rings is 3. The molecular formula is C40H54O5Si. The van der Waals surface area contributed by atoms with Crippen LogP contribution < -0.4 is 0 Å². The van der Waals surface area contributed by atoms with Crippen molar-refractivity contribution in [2.75, 3.05) is 0 Å². The van der Waals surface area contributed by atoms with Crippen molar-refractivity contribution < 1.29 is 23.9 Å². The third-order valence-corrected chi connectivity index (χ3v) is 10.3. The van der Waals surface area contributed by atoms with Crippen molar-refractivity contribution in [3.63, 3.8) is 0 Å². The van der Waals surface area contributed by atoms with Crippen molar-refractivity contribution in [1.82, 2.24) is 0 Å².